The van der Waals surface area contributed by atoms with Gasteiger partial charge in [-0.05, 0) is 23.8 Å². The van der Waals surface area contributed by atoms with Crippen LogP contribution in [0.4, 0.5) is 4.79 Å². The Balaban J connectivity index is 2.26. The quantitative estimate of drug-likeness (QED) is 0.376. The van der Waals surface area contributed by atoms with E-state index >= 15 is 0 Å². The summed E-state index contributed by atoms with van der Waals surface area (Å²) < 4.78 is 10.6. The smallest absolute Gasteiger partial charge is 0.329 e. The van der Waals surface area contributed by atoms with Gasteiger partial charge in [0.15, 0.2) is 11.5 Å². The molecule has 1 saturated heterocycles. The molecule has 0 atom stereocenters. The zero-order valence-corrected chi connectivity index (χ0v) is 12.7. The Morgan fingerprint density at radius 3 is 2.83 bits per heavy atom. The van der Waals surface area contributed by atoms with Crippen LogP contribution >= 0.6 is 0 Å². The maximum atomic E-state index is 12.1. The predicted molar refractivity (Wildman–Crippen MR) is 85.7 cm³/mol. The Kier molecular flexibility index (Phi) is 5.05. The number of nitrogens with zero attached hydrogens (tertiary/aromatic N) is 1. The Morgan fingerprint density at radius 1 is 1.39 bits per heavy atom. The van der Waals surface area contributed by atoms with Crippen molar-refractivity contribution in [1.82, 2.24) is 10.2 Å². The molecular weight excluding hydrogens is 296 g/mol. The predicted octanol–water partition coefficient (Wildman–Crippen LogP) is 1.79. The molecule has 1 aliphatic rings. The van der Waals surface area contributed by atoms with Crippen molar-refractivity contribution in [2.75, 3.05) is 20.3 Å². The molecule has 0 aromatic heterocycles. The van der Waals surface area contributed by atoms with Gasteiger partial charge in [0.1, 0.15) is 12.3 Å². The van der Waals surface area contributed by atoms with Gasteiger partial charge in [0, 0.05) is 6.54 Å². The highest BCUT2D eigenvalue weighted by Crippen LogP contribution is 2.29. The molecule has 1 fully saturated rings. The van der Waals surface area contributed by atoms with Crippen LogP contribution in [0.15, 0.2) is 36.6 Å². The summed E-state index contributed by atoms with van der Waals surface area (Å²) in [6, 6.07) is 4.64. The number of imide groups is 1. The van der Waals surface area contributed by atoms with Gasteiger partial charge in [-0.1, -0.05) is 18.1 Å². The van der Waals surface area contributed by atoms with E-state index in [1.807, 2.05) is 0 Å². The normalized spacial score (nSPS) is 15.3. The van der Waals surface area contributed by atoms with Crippen LogP contribution in [0.2, 0.25) is 0 Å². The molecule has 0 bridgehead atoms. The van der Waals surface area contributed by atoms with Gasteiger partial charge in [-0.2, -0.15) is 0 Å². The van der Waals surface area contributed by atoms with E-state index in [1.165, 1.54) is 13.2 Å². The topological polar surface area (TPSA) is 67.9 Å². The number of urea groups is 1. The molecule has 3 amide bonds. The van der Waals surface area contributed by atoms with Crippen molar-refractivity contribution in [1.29, 1.82) is 0 Å². The van der Waals surface area contributed by atoms with Gasteiger partial charge in [0.25, 0.3) is 5.91 Å². The molecule has 1 N–H and O–H groups in total. The van der Waals surface area contributed by atoms with Crippen LogP contribution in [-0.4, -0.2) is 37.1 Å². The highest BCUT2D eigenvalue weighted by molar-refractivity contribution is 6.14. The first-order valence-corrected chi connectivity index (χ1v) is 6.80. The number of carbonyl (C=O) groups excluding carboxylic acids is 2. The van der Waals surface area contributed by atoms with Crippen LogP contribution in [0.3, 0.4) is 0 Å². The third kappa shape index (κ3) is 3.52. The highest BCUT2D eigenvalue weighted by Gasteiger charge is 2.32. The molecule has 118 valence electrons. The molecule has 0 radical (unpaired) electrons. The van der Waals surface area contributed by atoms with E-state index < -0.39 is 11.9 Å². The first-order valence-electron chi connectivity index (χ1n) is 6.80. The molecule has 0 unspecified atom stereocenters. The van der Waals surface area contributed by atoms with Gasteiger partial charge >= 0.3 is 6.03 Å². The average Bonchev–Trinajstić information content (AvgIpc) is 2.81. The third-order valence-electron chi connectivity index (χ3n) is 3.08. The number of hydrogen-bond donors (Lipinski definition) is 1. The molecular formula is C17H16N2O4. The van der Waals surface area contributed by atoms with E-state index in [4.69, 9.17) is 15.9 Å². The van der Waals surface area contributed by atoms with E-state index in [0.29, 0.717) is 17.1 Å². The van der Waals surface area contributed by atoms with Crippen LogP contribution in [0.5, 0.6) is 11.5 Å². The van der Waals surface area contributed by atoms with Gasteiger partial charge in [-0.25, -0.2) is 4.79 Å². The summed E-state index contributed by atoms with van der Waals surface area (Å²) in [5, 5.41) is 2.53. The van der Waals surface area contributed by atoms with Crippen LogP contribution in [0.25, 0.3) is 6.08 Å². The second kappa shape index (κ2) is 7.18. The van der Waals surface area contributed by atoms with Crippen LogP contribution in [-0.2, 0) is 4.79 Å². The van der Waals surface area contributed by atoms with Crippen molar-refractivity contribution in [2.24, 2.45) is 0 Å². The fraction of sp³-hybridized carbons (Fsp3) is 0.176. The fourth-order valence-corrected chi connectivity index (χ4v) is 2.05. The summed E-state index contributed by atoms with van der Waals surface area (Å²) in [5.41, 5.74) is 0.871. The highest BCUT2D eigenvalue weighted by atomic mass is 16.5. The first kappa shape index (κ1) is 16.2. The molecule has 1 aromatic rings. The summed E-state index contributed by atoms with van der Waals surface area (Å²) in [4.78, 5) is 24.9. The average molecular weight is 312 g/mol. The Hall–Kier alpha value is -3.20. The zero-order valence-electron chi connectivity index (χ0n) is 12.7. The Morgan fingerprint density at radius 2 is 2.17 bits per heavy atom. The molecule has 1 heterocycles. The lowest BCUT2D eigenvalue weighted by molar-refractivity contribution is -0.122. The summed E-state index contributed by atoms with van der Waals surface area (Å²) in [5.74, 6) is 2.95. The number of methoxy groups -OCH3 is 1. The summed E-state index contributed by atoms with van der Waals surface area (Å²) >= 11 is 0. The van der Waals surface area contributed by atoms with Crippen LogP contribution in [0.1, 0.15) is 5.56 Å². The van der Waals surface area contributed by atoms with E-state index in [9.17, 15) is 9.59 Å². The van der Waals surface area contributed by atoms with Gasteiger partial charge in [-0.15, -0.1) is 13.0 Å². The maximum Gasteiger partial charge on any atom is 0.329 e. The molecule has 6 nitrogen and oxygen atoms in total. The van der Waals surface area contributed by atoms with Crippen molar-refractivity contribution in [2.45, 2.75) is 0 Å². The van der Waals surface area contributed by atoms with Crippen molar-refractivity contribution >= 4 is 18.0 Å². The zero-order chi connectivity index (χ0) is 16.8. The van der Waals surface area contributed by atoms with Crippen LogP contribution in [0, 0.1) is 12.3 Å². The second-order valence-corrected chi connectivity index (χ2v) is 4.60. The molecule has 1 aliphatic heterocycles. The number of carbonyl (C=O) groups is 2. The van der Waals surface area contributed by atoms with Gasteiger partial charge in [0.2, 0.25) is 0 Å². The minimum atomic E-state index is -0.470. The van der Waals surface area contributed by atoms with E-state index in [-0.39, 0.29) is 18.8 Å². The Bertz CT molecular complexity index is 716. The maximum absolute atomic E-state index is 12.1. The molecule has 2 rings (SSSR count). The first-order chi connectivity index (χ1) is 11.1. The lowest BCUT2D eigenvalue weighted by atomic mass is 10.1. The third-order valence-corrected chi connectivity index (χ3v) is 3.08. The number of nitrogens with one attached hydrogen (secondary N) is 1. The van der Waals surface area contributed by atoms with E-state index in [1.54, 1.807) is 24.3 Å². The minimum absolute atomic E-state index is 0.127. The van der Waals surface area contributed by atoms with Crippen molar-refractivity contribution in [3.63, 3.8) is 0 Å². The SMILES string of the molecule is C#CCOc1ccc(/C=C2/NC(=O)N(CC=C)C2=O)cc1OC. The van der Waals surface area contributed by atoms with E-state index in [2.05, 4.69) is 17.8 Å². The lowest BCUT2D eigenvalue weighted by Crippen LogP contribution is -2.30. The largest absolute Gasteiger partial charge is 0.493 e. The molecule has 6 heteroatoms. The van der Waals surface area contributed by atoms with Gasteiger partial charge < -0.3 is 14.8 Å². The van der Waals surface area contributed by atoms with Crippen LogP contribution < -0.4 is 14.8 Å². The molecule has 0 spiro atoms. The van der Waals surface area contributed by atoms with Crippen molar-refractivity contribution in [3.05, 3.63) is 42.1 Å². The standard InChI is InChI=1S/C17H16N2O4/c1-4-8-19-16(20)13(18-17(19)21)10-12-6-7-14(23-9-5-2)15(11-12)22-3/h2,4,6-7,10-11H,1,8-9H2,3H3,(H,18,21)/b13-10+. The molecule has 23 heavy (non-hydrogen) atoms. The Labute approximate surface area is 134 Å². The minimum Gasteiger partial charge on any atom is -0.493 e. The van der Waals surface area contributed by atoms with Gasteiger partial charge in [0.05, 0.1) is 7.11 Å². The van der Waals surface area contributed by atoms with Crippen molar-refractivity contribution < 1.29 is 19.1 Å². The monoisotopic (exact) mass is 312 g/mol. The fourth-order valence-electron chi connectivity index (χ4n) is 2.05. The molecule has 1 aromatic carbocycles. The number of terminal acetylenes is 1. The summed E-state index contributed by atoms with van der Waals surface area (Å²) in [6.07, 6.45) is 8.21. The number of amides is 3. The summed E-state index contributed by atoms with van der Waals surface area (Å²) in [7, 11) is 1.50. The summed E-state index contributed by atoms with van der Waals surface area (Å²) in [6.45, 7) is 3.80. The second-order valence-electron chi connectivity index (χ2n) is 4.60. The molecule has 0 aliphatic carbocycles. The number of rotatable bonds is 6. The number of hydrogen-bond acceptors (Lipinski definition) is 4. The van der Waals surface area contributed by atoms with Crippen molar-refractivity contribution in [3.8, 4) is 23.8 Å². The number of ether oxygens (including phenoxy) is 2. The molecule has 0 saturated carbocycles. The van der Waals surface area contributed by atoms with Gasteiger partial charge in [-0.3, -0.25) is 9.69 Å². The lowest BCUT2D eigenvalue weighted by Gasteiger charge is -2.09. The number of benzene rings is 1. The van der Waals surface area contributed by atoms with E-state index in [0.717, 1.165) is 4.90 Å².